The van der Waals surface area contributed by atoms with Crippen LogP contribution in [0.5, 0.6) is 5.75 Å². The maximum Gasteiger partial charge on any atom is 0.327 e. The Morgan fingerprint density at radius 3 is 2.67 bits per heavy atom. The Morgan fingerprint density at radius 1 is 1.33 bits per heavy atom. The van der Waals surface area contributed by atoms with E-state index in [9.17, 15) is 18.3 Å². The molecular weight excluding hydrogens is 314 g/mol. The third-order valence-electron chi connectivity index (χ3n) is 2.70. The van der Waals surface area contributed by atoms with Gasteiger partial charge in [-0.1, -0.05) is 12.1 Å². The van der Waals surface area contributed by atoms with E-state index in [0.29, 0.717) is 10.6 Å². The fourth-order valence-corrected chi connectivity index (χ4v) is 3.72. The molecular formula is C13H13NO5S2. The Morgan fingerprint density at radius 2 is 2.10 bits per heavy atom. The van der Waals surface area contributed by atoms with Crippen LogP contribution in [0.25, 0.3) is 0 Å². The molecule has 2 aromatic rings. The number of methoxy groups -OCH3 is 1. The molecule has 0 spiro atoms. The molecule has 2 rings (SSSR count). The Hall–Kier alpha value is -1.90. The first-order valence-corrected chi connectivity index (χ1v) is 8.23. The van der Waals surface area contributed by atoms with E-state index in [0.717, 1.165) is 0 Å². The number of nitrogens with one attached hydrogen (secondary N) is 1. The molecule has 0 saturated heterocycles. The second-order valence-electron chi connectivity index (χ2n) is 4.09. The highest BCUT2D eigenvalue weighted by Gasteiger charge is 2.27. The van der Waals surface area contributed by atoms with Crippen molar-refractivity contribution in [1.82, 2.24) is 4.72 Å². The van der Waals surface area contributed by atoms with Gasteiger partial charge in [-0.25, -0.2) is 8.42 Å². The van der Waals surface area contributed by atoms with E-state index in [1.54, 1.807) is 23.6 Å². The molecule has 1 aromatic carbocycles. The summed E-state index contributed by atoms with van der Waals surface area (Å²) in [6.45, 7) is 0. The van der Waals surface area contributed by atoms with Crippen LogP contribution in [-0.4, -0.2) is 26.6 Å². The molecule has 0 radical (unpaired) electrons. The summed E-state index contributed by atoms with van der Waals surface area (Å²) in [7, 11) is -2.55. The van der Waals surface area contributed by atoms with Crippen LogP contribution in [0.4, 0.5) is 0 Å². The predicted octanol–water partition coefficient (Wildman–Crippen LogP) is 1.86. The lowest BCUT2D eigenvalue weighted by Gasteiger charge is -2.13. The molecule has 0 amide bonds. The van der Waals surface area contributed by atoms with Gasteiger partial charge in [0.25, 0.3) is 0 Å². The first-order valence-electron chi connectivity index (χ1n) is 5.86. The first-order chi connectivity index (χ1) is 9.94. The summed E-state index contributed by atoms with van der Waals surface area (Å²) in [6.07, 6.45) is 0. The number of hydrogen-bond acceptors (Lipinski definition) is 5. The zero-order chi connectivity index (χ0) is 15.5. The van der Waals surface area contributed by atoms with Crippen molar-refractivity contribution in [3.8, 4) is 5.75 Å². The molecule has 0 fully saturated rings. The molecule has 1 atom stereocenters. The highest BCUT2D eigenvalue weighted by Crippen LogP contribution is 2.23. The Balaban J connectivity index is 2.32. The number of sulfonamides is 1. The number of thiophene rings is 1. The molecule has 0 bridgehead atoms. The van der Waals surface area contributed by atoms with Gasteiger partial charge in [-0.15, -0.1) is 11.3 Å². The maximum atomic E-state index is 12.3. The van der Waals surface area contributed by atoms with Gasteiger partial charge in [0.1, 0.15) is 5.75 Å². The Labute approximate surface area is 126 Å². The second kappa shape index (κ2) is 6.25. The predicted molar refractivity (Wildman–Crippen MR) is 78.0 cm³/mol. The zero-order valence-electron chi connectivity index (χ0n) is 11.0. The van der Waals surface area contributed by atoms with Crippen molar-refractivity contribution in [1.29, 1.82) is 0 Å². The number of ether oxygens (including phenoxy) is 1. The van der Waals surface area contributed by atoms with Gasteiger partial charge in [0.15, 0.2) is 6.04 Å². The quantitative estimate of drug-likeness (QED) is 0.845. The molecule has 6 nitrogen and oxygen atoms in total. The summed E-state index contributed by atoms with van der Waals surface area (Å²) in [5.74, 6) is -0.884. The molecule has 1 unspecified atom stereocenters. The Bertz CT molecular complexity index is 725. The van der Waals surface area contributed by atoms with Crippen molar-refractivity contribution in [3.05, 3.63) is 46.7 Å². The SMILES string of the molecule is COc1cccc(S(=O)(=O)NC(C(=O)O)c2cccs2)c1. The van der Waals surface area contributed by atoms with Crippen molar-refractivity contribution in [3.63, 3.8) is 0 Å². The lowest BCUT2D eigenvalue weighted by Crippen LogP contribution is -2.33. The van der Waals surface area contributed by atoms with Crippen LogP contribution in [0.15, 0.2) is 46.7 Å². The van der Waals surface area contributed by atoms with E-state index in [4.69, 9.17) is 4.74 Å². The number of benzene rings is 1. The second-order valence-corrected chi connectivity index (χ2v) is 6.78. The highest BCUT2D eigenvalue weighted by atomic mass is 32.2. The molecule has 21 heavy (non-hydrogen) atoms. The van der Waals surface area contributed by atoms with Crippen LogP contribution in [0.3, 0.4) is 0 Å². The number of hydrogen-bond donors (Lipinski definition) is 2. The molecule has 1 heterocycles. The minimum absolute atomic E-state index is 0.0512. The monoisotopic (exact) mass is 327 g/mol. The van der Waals surface area contributed by atoms with E-state index in [-0.39, 0.29) is 4.90 Å². The maximum absolute atomic E-state index is 12.3. The van der Waals surface area contributed by atoms with Gasteiger partial charge in [0.2, 0.25) is 10.0 Å². The lowest BCUT2D eigenvalue weighted by molar-refractivity contribution is -0.139. The van der Waals surface area contributed by atoms with Crippen molar-refractivity contribution < 1.29 is 23.1 Å². The normalized spacial score (nSPS) is 12.8. The molecule has 112 valence electrons. The Kier molecular flexibility index (Phi) is 4.61. The van der Waals surface area contributed by atoms with Crippen molar-refractivity contribution in [2.45, 2.75) is 10.9 Å². The van der Waals surface area contributed by atoms with Crippen LogP contribution < -0.4 is 9.46 Å². The minimum atomic E-state index is -3.97. The van der Waals surface area contributed by atoms with Crippen LogP contribution in [0.1, 0.15) is 10.9 Å². The van der Waals surface area contributed by atoms with E-state index in [1.807, 2.05) is 0 Å². The summed E-state index contributed by atoms with van der Waals surface area (Å²) >= 11 is 1.17. The van der Waals surface area contributed by atoms with E-state index in [1.165, 1.54) is 36.6 Å². The number of carbonyl (C=O) groups is 1. The van der Waals surface area contributed by atoms with Gasteiger partial charge >= 0.3 is 5.97 Å². The van der Waals surface area contributed by atoms with E-state index >= 15 is 0 Å². The van der Waals surface area contributed by atoms with Gasteiger partial charge in [-0.2, -0.15) is 4.72 Å². The number of aliphatic carboxylic acids is 1. The first kappa shape index (κ1) is 15.5. The smallest absolute Gasteiger partial charge is 0.327 e. The summed E-state index contributed by atoms with van der Waals surface area (Å²) in [5.41, 5.74) is 0. The average Bonchev–Trinajstić information content (AvgIpc) is 2.98. The highest BCUT2D eigenvalue weighted by molar-refractivity contribution is 7.89. The largest absolute Gasteiger partial charge is 0.497 e. The van der Waals surface area contributed by atoms with Gasteiger partial charge in [0.05, 0.1) is 12.0 Å². The summed E-state index contributed by atoms with van der Waals surface area (Å²) < 4.78 is 31.7. The van der Waals surface area contributed by atoms with Crippen molar-refractivity contribution in [2.24, 2.45) is 0 Å². The van der Waals surface area contributed by atoms with Crippen molar-refractivity contribution in [2.75, 3.05) is 7.11 Å². The average molecular weight is 327 g/mol. The van der Waals surface area contributed by atoms with E-state index < -0.39 is 22.0 Å². The number of carboxylic acids is 1. The van der Waals surface area contributed by atoms with Crippen LogP contribution >= 0.6 is 11.3 Å². The topological polar surface area (TPSA) is 92.7 Å². The molecule has 0 aliphatic heterocycles. The molecule has 0 saturated carbocycles. The van der Waals surface area contributed by atoms with Crippen LogP contribution in [0, 0.1) is 0 Å². The molecule has 0 aliphatic carbocycles. The standard InChI is InChI=1S/C13H13NO5S2/c1-19-9-4-2-5-10(8-9)21(17,18)14-12(13(15)16)11-6-3-7-20-11/h2-8,12,14H,1H3,(H,15,16). The molecule has 1 aromatic heterocycles. The van der Waals surface area contributed by atoms with Gasteiger partial charge in [-0.3, -0.25) is 4.79 Å². The minimum Gasteiger partial charge on any atom is -0.497 e. The van der Waals surface area contributed by atoms with Gasteiger partial charge in [-0.05, 0) is 23.6 Å². The van der Waals surface area contributed by atoms with Gasteiger partial charge < -0.3 is 9.84 Å². The van der Waals surface area contributed by atoms with Crippen molar-refractivity contribution >= 4 is 27.3 Å². The van der Waals surface area contributed by atoms with Crippen LogP contribution in [0.2, 0.25) is 0 Å². The number of rotatable bonds is 6. The third-order valence-corrected chi connectivity index (χ3v) is 5.06. The molecule has 8 heteroatoms. The van der Waals surface area contributed by atoms with Gasteiger partial charge in [0, 0.05) is 10.9 Å². The number of carboxylic acid groups (broad SMARTS) is 1. The van der Waals surface area contributed by atoms with E-state index in [2.05, 4.69) is 4.72 Å². The summed E-state index contributed by atoms with van der Waals surface area (Å²) in [4.78, 5) is 11.6. The summed E-state index contributed by atoms with van der Waals surface area (Å²) in [5, 5.41) is 10.9. The molecule has 0 aliphatic rings. The molecule has 2 N–H and O–H groups in total. The fourth-order valence-electron chi connectivity index (χ4n) is 1.68. The lowest BCUT2D eigenvalue weighted by atomic mass is 10.3. The van der Waals surface area contributed by atoms with Crippen LogP contribution in [-0.2, 0) is 14.8 Å². The fraction of sp³-hybridized carbons (Fsp3) is 0.154. The summed E-state index contributed by atoms with van der Waals surface area (Å²) in [6, 6.07) is 7.74. The third kappa shape index (κ3) is 3.60. The zero-order valence-corrected chi connectivity index (χ0v) is 12.6.